The number of nitrogens with zero attached hydrogens (tertiary/aromatic N) is 1. The van der Waals surface area contributed by atoms with Crippen LogP contribution in [-0.4, -0.2) is 49.7 Å². The Bertz CT molecular complexity index is 780. The fourth-order valence-corrected chi connectivity index (χ4v) is 3.31. The van der Waals surface area contributed by atoms with Gasteiger partial charge in [-0.15, -0.1) is 0 Å². The zero-order valence-electron chi connectivity index (χ0n) is 15.8. The average molecular weight is 425 g/mol. The van der Waals surface area contributed by atoms with Crippen molar-refractivity contribution in [3.05, 3.63) is 59.1 Å². The highest BCUT2D eigenvalue weighted by atomic mass is 35.5. The normalized spacial score (nSPS) is 15.3. The van der Waals surface area contributed by atoms with Gasteiger partial charge in [-0.1, -0.05) is 11.6 Å². The molecule has 1 N–H and O–H groups in total. The molecule has 0 saturated carbocycles. The molecule has 1 heterocycles. The summed E-state index contributed by atoms with van der Waals surface area (Å²) in [7, 11) is 0. The van der Waals surface area contributed by atoms with Crippen LogP contribution in [0, 0.1) is 0 Å². The molecule has 0 radical (unpaired) electrons. The fourth-order valence-electron chi connectivity index (χ4n) is 3.18. The van der Waals surface area contributed by atoms with Crippen LogP contribution >= 0.6 is 11.6 Å². The van der Waals surface area contributed by atoms with Crippen molar-refractivity contribution in [3.63, 3.8) is 0 Å². The van der Waals surface area contributed by atoms with Crippen molar-refractivity contribution in [2.24, 2.45) is 0 Å². The van der Waals surface area contributed by atoms with Crippen LogP contribution in [0.3, 0.4) is 0 Å². The number of hydrogen-bond donors (Lipinski definition) is 1. The van der Waals surface area contributed by atoms with Gasteiger partial charge in [0.05, 0.1) is 0 Å². The fraction of sp³-hybridized carbons (Fsp3) is 0.381. The van der Waals surface area contributed by atoms with Gasteiger partial charge in [-0.3, -0.25) is 9.69 Å². The SMILES string of the molecule is O=C(NC1CCN(CCOc2ccc(Cl)cc2)CC1)c1ccc(OC(F)F)cc1. The first-order valence-electron chi connectivity index (χ1n) is 9.46. The van der Waals surface area contributed by atoms with E-state index in [9.17, 15) is 13.6 Å². The highest BCUT2D eigenvalue weighted by molar-refractivity contribution is 6.30. The van der Waals surface area contributed by atoms with Crippen molar-refractivity contribution < 1.29 is 23.0 Å². The summed E-state index contributed by atoms with van der Waals surface area (Å²) in [5, 5.41) is 3.68. The van der Waals surface area contributed by atoms with Crippen LogP contribution in [0.4, 0.5) is 8.78 Å². The number of nitrogens with one attached hydrogen (secondary N) is 1. The second-order valence-electron chi connectivity index (χ2n) is 6.79. The molecule has 156 valence electrons. The molecule has 3 rings (SSSR count). The van der Waals surface area contributed by atoms with E-state index >= 15 is 0 Å². The second-order valence-corrected chi connectivity index (χ2v) is 7.23. The number of benzene rings is 2. The molecule has 0 bridgehead atoms. The average Bonchev–Trinajstić information content (AvgIpc) is 2.71. The lowest BCUT2D eigenvalue weighted by Crippen LogP contribution is -2.45. The maximum absolute atomic E-state index is 12.3. The third-order valence-corrected chi connectivity index (χ3v) is 5.01. The van der Waals surface area contributed by atoms with Crippen LogP contribution < -0.4 is 14.8 Å². The van der Waals surface area contributed by atoms with Gasteiger partial charge < -0.3 is 14.8 Å². The van der Waals surface area contributed by atoms with E-state index in [0.29, 0.717) is 17.2 Å². The molecule has 1 fully saturated rings. The highest BCUT2D eigenvalue weighted by Crippen LogP contribution is 2.17. The van der Waals surface area contributed by atoms with Crippen LogP contribution in [0.5, 0.6) is 11.5 Å². The molecule has 1 aliphatic heterocycles. The van der Waals surface area contributed by atoms with Gasteiger partial charge in [0.1, 0.15) is 18.1 Å². The minimum atomic E-state index is -2.88. The number of amides is 1. The van der Waals surface area contributed by atoms with Gasteiger partial charge in [-0.25, -0.2) is 0 Å². The number of alkyl halides is 2. The number of carbonyl (C=O) groups is 1. The van der Waals surface area contributed by atoms with Crippen molar-refractivity contribution in [2.45, 2.75) is 25.5 Å². The number of likely N-dealkylation sites (tertiary alicyclic amines) is 1. The van der Waals surface area contributed by atoms with E-state index in [0.717, 1.165) is 38.2 Å². The maximum Gasteiger partial charge on any atom is 0.387 e. The predicted molar refractivity (Wildman–Crippen MR) is 107 cm³/mol. The van der Waals surface area contributed by atoms with Crippen molar-refractivity contribution in [1.29, 1.82) is 0 Å². The molecule has 0 unspecified atom stereocenters. The van der Waals surface area contributed by atoms with E-state index in [1.165, 1.54) is 24.3 Å². The summed E-state index contributed by atoms with van der Waals surface area (Å²) in [5.74, 6) is 0.616. The van der Waals surface area contributed by atoms with Gasteiger partial charge in [-0.05, 0) is 61.4 Å². The zero-order chi connectivity index (χ0) is 20.6. The van der Waals surface area contributed by atoms with E-state index in [1.54, 1.807) is 12.1 Å². The van der Waals surface area contributed by atoms with E-state index in [4.69, 9.17) is 16.3 Å². The minimum absolute atomic E-state index is 0.0330. The van der Waals surface area contributed by atoms with Crippen LogP contribution in [0.15, 0.2) is 48.5 Å². The van der Waals surface area contributed by atoms with E-state index in [-0.39, 0.29) is 17.7 Å². The van der Waals surface area contributed by atoms with E-state index in [2.05, 4.69) is 15.0 Å². The minimum Gasteiger partial charge on any atom is -0.492 e. The Labute approximate surface area is 173 Å². The molecule has 2 aromatic rings. The number of carbonyl (C=O) groups excluding carboxylic acids is 1. The third kappa shape index (κ3) is 6.87. The molecule has 0 aliphatic carbocycles. The predicted octanol–water partition coefficient (Wildman–Crippen LogP) is 4.21. The standard InChI is InChI=1S/C21H23ClF2N2O3/c22-16-3-7-18(8-4-16)28-14-13-26-11-9-17(10-12-26)25-20(27)15-1-5-19(6-2-15)29-21(23)24/h1-8,17,21H,9-14H2,(H,25,27). The first-order valence-corrected chi connectivity index (χ1v) is 9.84. The van der Waals surface area contributed by atoms with Crippen molar-refractivity contribution in [2.75, 3.05) is 26.2 Å². The van der Waals surface area contributed by atoms with E-state index in [1.807, 2.05) is 12.1 Å². The number of halogens is 3. The topological polar surface area (TPSA) is 50.8 Å². The number of hydrogen-bond acceptors (Lipinski definition) is 4. The molecule has 8 heteroatoms. The van der Waals surface area contributed by atoms with Crippen LogP contribution in [0.2, 0.25) is 5.02 Å². The van der Waals surface area contributed by atoms with Gasteiger partial charge in [0.25, 0.3) is 5.91 Å². The lowest BCUT2D eigenvalue weighted by atomic mass is 10.0. The molecular formula is C21H23ClF2N2O3. The maximum atomic E-state index is 12.3. The first-order chi connectivity index (χ1) is 14.0. The Morgan fingerprint density at radius 1 is 1.07 bits per heavy atom. The van der Waals surface area contributed by atoms with Crippen LogP contribution in [0.25, 0.3) is 0 Å². The van der Waals surface area contributed by atoms with Crippen LogP contribution in [-0.2, 0) is 0 Å². The summed E-state index contributed by atoms with van der Waals surface area (Å²) in [6.45, 7) is 0.267. The molecule has 2 aromatic carbocycles. The molecular weight excluding hydrogens is 402 g/mol. The van der Waals surface area contributed by atoms with Gasteiger partial charge >= 0.3 is 6.61 Å². The zero-order valence-corrected chi connectivity index (χ0v) is 16.6. The summed E-state index contributed by atoms with van der Waals surface area (Å²) in [4.78, 5) is 14.6. The number of ether oxygens (including phenoxy) is 2. The smallest absolute Gasteiger partial charge is 0.387 e. The largest absolute Gasteiger partial charge is 0.492 e. The quantitative estimate of drug-likeness (QED) is 0.689. The lowest BCUT2D eigenvalue weighted by Gasteiger charge is -2.32. The van der Waals surface area contributed by atoms with Crippen molar-refractivity contribution in [1.82, 2.24) is 10.2 Å². The van der Waals surface area contributed by atoms with Gasteiger partial charge in [-0.2, -0.15) is 8.78 Å². The van der Waals surface area contributed by atoms with Crippen molar-refractivity contribution in [3.8, 4) is 11.5 Å². The molecule has 1 saturated heterocycles. The van der Waals surface area contributed by atoms with Gasteiger partial charge in [0, 0.05) is 36.3 Å². The Morgan fingerprint density at radius 2 is 1.69 bits per heavy atom. The number of rotatable bonds is 8. The second kappa shape index (κ2) is 10.4. The molecule has 0 aromatic heterocycles. The Kier molecular flexibility index (Phi) is 7.66. The molecule has 1 aliphatic rings. The first kappa shape index (κ1) is 21.3. The molecule has 1 amide bonds. The molecule has 0 atom stereocenters. The van der Waals surface area contributed by atoms with Gasteiger partial charge in [0.2, 0.25) is 0 Å². The summed E-state index contributed by atoms with van der Waals surface area (Å²) in [6.07, 6.45) is 1.69. The van der Waals surface area contributed by atoms with Gasteiger partial charge in [0.15, 0.2) is 0 Å². The molecule has 5 nitrogen and oxygen atoms in total. The summed E-state index contributed by atoms with van der Waals surface area (Å²) in [6, 6.07) is 13.1. The van der Waals surface area contributed by atoms with E-state index < -0.39 is 6.61 Å². The van der Waals surface area contributed by atoms with Crippen molar-refractivity contribution >= 4 is 17.5 Å². The third-order valence-electron chi connectivity index (χ3n) is 4.75. The molecule has 29 heavy (non-hydrogen) atoms. The Morgan fingerprint density at radius 3 is 2.31 bits per heavy atom. The Balaban J connectivity index is 1.36. The molecule has 0 spiro atoms. The van der Waals surface area contributed by atoms with Crippen LogP contribution in [0.1, 0.15) is 23.2 Å². The summed E-state index contributed by atoms with van der Waals surface area (Å²) < 4.78 is 34.4. The lowest BCUT2D eigenvalue weighted by molar-refractivity contribution is -0.0498. The summed E-state index contributed by atoms with van der Waals surface area (Å²) >= 11 is 5.85. The number of piperidine rings is 1. The monoisotopic (exact) mass is 424 g/mol. The highest BCUT2D eigenvalue weighted by Gasteiger charge is 2.21. The summed E-state index contributed by atoms with van der Waals surface area (Å²) in [5.41, 5.74) is 0.422. The Hall–Kier alpha value is -2.38.